The van der Waals surface area contributed by atoms with Gasteiger partial charge in [-0.3, -0.25) is 4.79 Å². The van der Waals surface area contributed by atoms with Gasteiger partial charge in [0, 0.05) is 0 Å². The van der Waals surface area contributed by atoms with E-state index in [1.807, 2.05) is 30.3 Å². The molecule has 100 valence electrons. The van der Waals surface area contributed by atoms with Gasteiger partial charge in [0.05, 0.1) is 12.5 Å². The predicted molar refractivity (Wildman–Crippen MR) is 69.4 cm³/mol. The van der Waals surface area contributed by atoms with Crippen LogP contribution < -0.4 is 0 Å². The maximum atomic E-state index is 12.1. The zero-order valence-corrected chi connectivity index (χ0v) is 10.7. The maximum Gasteiger partial charge on any atom is 0.417 e. The van der Waals surface area contributed by atoms with Gasteiger partial charge in [0.15, 0.2) is 0 Å². The van der Waals surface area contributed by atoms with E-state index in [4.69, 9.17) is 4.74 Å². The SMILES string of the molecule is O=C1C[C@@H](c2ccccc2)N1C(=O)OC1CCCC1. The molecule has 1 saturated carbocycles. The summed E-state index contributed by atoms with van der Waals surface area (Å²) < 4.78 is 5.40. The molecule has 2 fully saturated rings. The first-order valence-corrected chi connectivity index (χ1v) is 6.83. The number of carbonyl (C=O) groups is 2. The molecular formula is C15H17NO3. The van der Waals surface area contributed by atoms with Gasteiger partial charge in [-0.15, -0.1) is 0 Å². The lowest BCUT2D eigenvalue weighted by molar-refractivity contribution is -0.143. The van der Waals surface area contributed by atoms with E-state index in [-0.39, 0.29) is 18.1 Å². The van der Waals surface area contributed by atoms with E-state index < -0.39 is 6.09 Å². The van der Waals surface area contributed by atoms with E-state index >= 15 is 0 Å². The average molecular weight is 259 g/mol. The molecule has 2 amide bonds. The Morgan fingerprint density at radius 3 is 2.47 bits per heavy atom. The van der Waals surface area contributed by atoms with Crippen molar-refractivity contribution < 1.29 is 14.3 Å². The molecule has 0 spiro atoms. The molecule has 0 N–H and O–H groups in total. The molecule has 1 atom stereocenters. The molecule has 19 heavy (non-hydrogen) atoms. The minimum atomic E-state index is -0.475. The number of imide groups is 1. The smallest absolute Gasteiger partial charge is 0.417 e. The maximum absolute atomic E-state index is 12.1. The van der Waals surface area contributed by atoms with Gasteiger partial charge in [0.25, 0.3) is 0 Å². The second kappa shape index (κ2) is 5.03. The second-order valence-electron chi connectivity index (χ2n) is 5.18. The lowest BCUT2D eigenvalue weighted by atomic mass is 9.95. The van der Waals surface area contributed by atoms with E-state index in [1.165, 1.54) is 4.90 Å². The molecule has 4 heteroatoms. The summed E-state index contributed by atoms with van der Waals surface area (Å²) in [5.74, 6) is -0.142. The molecule has 0 bridgehead atoms. The molecule has 2 aliphatic rings. The van der Waals surface area contributed by atoms with Crippen LogP contribution in [0.1, 0.15) is 43.7 Å². The van der Waals surface area contributed by atoms with Gasteiger partial charge >= 0.3 is 6.09 Å². The van der Waals surface area contributed by atoms with Crippen molar-refractivity contribution >= 4 is 12.0 Å². The highest BCUT2D eigenvalue weighted by molar-refractivity contribution is 5.98. The monoisotopic (exact) mass is 259 g/mol. The highest BCUT2D eigenvalue weighted by atomic mass is 16.6. The summed E-state index contributed by atoms with van der Waals surface area (Å²) >= 11 is 0. The van der Waals surface area contributed by atoms with Crippen LogP contribution in [-0.4, -0.2) is 23.0 Å². The van der Waals surface area contributed by atoms with Gasteiger partial charge in [-0.25, -0.2) is 9.69 Å². The number of β-lactam (4-membered cyclic amide) rings is 1. The standard InChI is InChI=1S/C15H17NO3/c17-14-10-13(11-6-2-1-3-7-11)16(14)15(18)19-12-8-4-5-9-12/h1-3,6-7,12-13H,4-5,8-10H2/t13-/m0/s1. The molecular weight excluding hydrogens is 242 g/mol. The van der Waals surface area contributed by atoms with E-state index in [0.29, 0.717) is 6.42 Å². The number of ether oxygens (including phenoxy) is 1. The third kappa shape index (κ3) is 2.35. The number of nitrogens with zero attached hydrogens (tertiary/aromatic N) is 1. The zero-order chi connectivity index (χ0) is 13.2. The zero-order valence-electron chi connectivity index (χ0n) is 10.7. The number of benzene rings is 1. The van der Waals surface area contributed by atoms with Crippen LogP contribution in [0.25, 0.3) is 0 Å². The molecule has 1 saturated heterocycles. The second-order valence-corrected chi connectivity index (χ2v) is 5.18. The highest BCUT2D eigenvalue weighted by Crippen LogP contribution is 2.35. The topological polar surface area (TPSA) is 46.6 Å². The number of hydrogen-bond acceptors (Lipinski definition) is 3. The molecule has 1 heterocycles. The summed E-state index contributed by atoms with van der Waals surface area (Å²) in [6, 6.07) is 9.48. The van der Waals surface area contributed by atoms with Crippen molar-refractivity contribution in [1.29, 1.82) is 0 Å². The van der Waals surface area contributed by atoms with Crippen molar-refractivity contribution in [2.24, 2.45) is 0 Å². The Kier molecular flexibility index (Phi) is 3.23. The Morgan fingerprint density at radius 1 is 1.16 bits per heavy atom. The fourth-order valence-electron chi connectivity index (χ4n) is 2.79. The van der Waals surface area contributed by atoms with E-state index in [1.54, 1.807) is 0 Å². The summed E-state index contributed by atoms with van der Waals surface area (Å²) in [5.41, 5.74) is 0.991. The van der Waals surface area contributed by atoms with Crippen LogP contribution in [0.4, 0.5) is 4.79 Å². The Morgan fingerprint density at radius 2 is 1.84 bits per heavy atom. The largest absolute Gasteiger partial charge is 0.446 e. The lowest BCUT2D eigenvalue weighted by Gasteiger charge is -2.38. The number of rotatable bonds is 2. The number of hydrogen-bond donors (Lipinski definition) is 0. The quantitative estimate of drug-likeness (QED) is 0.767. The minimum Gasteiger partial charge on any atom is -0.446 e. The number of likely N-dealkylation sites (tertiary alicyclic amines) is 1. The molecule has 1 aliphatic heterocycles. The molecule has 0 aromatic heterocycles. The average Bonchev–Trinajstić information content (AvgIpc) is 2.89. The fourth-order valence-corrected chi connectivity index (χ4v) is 2.79. The predicted octanol–water partition coefficient (Wildman–Crippen LogP) is 3.04. The summed E-state index contributed by atoms with van der Waals surface area (Å²) in [6.07, 6.45) is 3.97. The van der Waals surface area contributed by atoms with Crippen molar-refractivity contribution in [3.8, 4) is 0 Å². The Balaban J connectivity index is 1.68. The van der Waals surface area contributed by atoms with Crippen molar-refractivity contribution in [3.63, 3.8) is 0 Å². The summed E-state index contributed by atoms with van der Waals surface area (Å²) in [7, 11) is 0. The van der Waals surface area contributed by atoms with Crippen LogP contribution in [0.15, 0.2) is 30.3 Å². The van der Waals surface area contributed by atoms with Gasteiger partial charge < -0.3 is 4.74 Å². The van der Waals surface area contributed by atoms with Crippen LogP contribution in [0.3, 0.4) is 0 Å². The van der Waals surface area contributed by atoms with Gasteiger partial charge in [-0.05, 0) is 31.2 Å². The number of amides is 2. The van der Waals surface area contributed by atoms with E-state index in [0.717, 1.165) is 31.2 Å². The molecule has 0 radical (unpaired) electrons. The van der Waals surface area contributed by atoms with Gasteiger partial charge in [0.2, 0.25) is 5.91 Å². The first kappa shape index (κ1) is 12.2. The van der Waals surface area contributed by atoms with Crippen LogP contribution >= 0.6 is 0 Å². The molecule has 1 aromatic carbocycles. The van der Waals surface area contributed by atoms with Gasteiger partial charge in [0.1, 0.15) is 6.10 Å². The first-order valence-electron chi connectivity index (χ1n) is 6.83. The van der Waals surface area contributed by atoms with Crippen LogP contribution in [0.2, 0.25) is 0 Å². The molecule has 4 nitrogen and oxygen atoms in total. The van der Waals surface area contributed by atoms with Crippen LogP contribution in [0, 0.1) is 0 Å². The molecule has 1 aromatic rings. The normalized spacial score (nSPS) is 23.3. The molecule has 1 aliphatic carbocycles. The van der Waals surface area contributed by atoms with Crippen molar-refractivity contribution in [2.75, 3.05) is 0 Å². The van der Waals surface area contributed by atoms with Crippen molar-refractivity contribution in [2.45, 2.75) is 44.2 Å². The highest BCUT2D eigenvalue weighted by Gasteiger charge is 2.43. The van der Waals surface area contributed by atoms with Crippen LogP contribution in [0.5, 0.6) is 0 Å². The summed E-state index contributed by atoms with van der Waals surface area (Å²) in [6.45, 7) is 0. The van der Waals surface area contributed by atoms with Gasteiger partial charge in [-0.1, -0.05) is 30.3 Å². The van der Waals surface area contributed by atoms with Gasteiger partial charge in [-0.2, -0.15) is 0 Å². The first-order chi connectivity index (χ1) is 9.25. The Labute approximate surface area is 112 Å². The Bertz CT molecular complexity index is 479. The van der Waals surface area contributed by atoms with Crippen molar-refractivity contribution in [1.82, 2.24) is 4.90 Å². The molecule has 0 unspecified atom stereocenters. The Hall–Kier alpha value is -1.84. The third-order valence-corrected chi connectivity index (χ3v) is 3.90. The fraction of sp³-hybridized carbons (Fsp3) is 0.467. The van der Waals surface area contributed by atoms with Crippen molar-refractivity contribution in [3.05, 3.63) is 35.9 Å². The molecule has 3 rings (SSSR count). The van der Waals surface area contributed by atoms with Crippen LogP contribution in [-0.2, 0) is 9.53 Å². The van der Waals surface area contributed by atoms with E-state index in [9.17, 15) is 9.59 Å². The van der Waals surface area contributed by atoms with E-state index in [2.05, 4.69) is 0 Å². The minimum absolute atomic E-state index is 0.00248. The summed E-state index contributed by atoms with van der Waals surface area (Å²) in [5, 5.41) is 0. The third-order valence-electron chi connectivity index (χ3n) is 3.90. The lowest BCUT2D eigenvalue weighted by Crippen LogP contribution is -2.50. The summed E-state index contributed by atoms with van der Waals surface area (Å²) in [4.78, 5) is 25.0. The number of carbonyl (C=O) groups excluding carboxylic acids is 2.